The van der Waals surface area contributed by atoms with Gasteiger partial charge in [-0.1, -0.05) is 20.3 Å². The highest BCUT2D eigenvalue weighted by Crippen LogP contribution is 2.27. The predicted octanol–water partition coefficient (Wildman–Crippen LogP) is 3.05. The summed E-state index contributed by atoms with van der Waals surface area (Å²) in [5.74, 6) is 2.22. The number of aromatic nitrogens is 2. The lowest BCUT2D eigenvalue weighted by atomic mass is 9.94. The molecule has 0 aromatic carbocycles. The van der Waals surface area contributed by atoms with E-state index >= 15 is 0 Å². The van der Waals surface area contributed by atoms with Gasteiger partial charge in [-0.15, -0.1) is 0 Å². The molecule has 1 aromatic heterocycles. The number of aryl methyl sites for hydroxylation is 1. The number of imidazole rings is 1. The van der Waals surface area contributed by atoms with Crippen LogP contribution in [-0.4, -0.2) is 33.4 Å². The smallest absolute Gasteiger partial charge is 0.225 e. The summed E-state index contributed by atoms with van der Waals surface area (Å²) in [5.41, 5.74) is 0. The molecule has 0 saturated carbocycles. The van der Waals surface area contributed by atoms with Crippen molar-refractivity contribution in [2.75, 3.05) is 13.1 Å². The van der Waals surface area contributed by atoms with Crippen molar-refractivity contribution in [3.8, 4) is 0 Å². The Hall–Kier alpha value is -1.32. The van der Waals surface area contributed by atoms with E-state index in [2.05, 4.69) is 41.4 Å². The van der Waals surface area contributed by atoms with E-state index in [0.29, 0.717) is 11.8 Å². The van der Waals surface area contributed by atoms with Crippen molar-refractivity contribution in [3.63, 3.8) is 0 Å². The molecule has 1 aliphatic rings. The fourth-order valence-electron chi connectivity index (χ4n) is 3.17. The molecule has 20 heavy (non-hydrogen) atoms. The number of rotatable bonds is 5. The van der Waals surface area contributed by atoms with E-state index in [1.165, 1.54) is 5.82 Å². The number of nitrogens with zero attached hydrogens (tertiary/aromatic N) is 3. The lowest BCUT2D eigenvalue weighted by Gasteiger charge is -2.33. The zero-order valence-corrected chi connectivity index (χ0v) is 13.0. The number of likely N-dealkylation sites (tertiary alicyclic amines) is 1. The van der Waals surface area contributed by atoms with Gasteiger partial charge in [-0.3, -0.25) is 4.79 Å². The van der Waals surface area contributed by atoms with Crippen molar-refractivity contribution >= 4 is 5.91 Å². The normalized spacial score (nSPS) is 18.2. The van der Waals surface area contributed by atoms with E-state index in [1.54, 1.807) is 0 Å². The van der Waals surface area contributed by atoms with Crippen LogP contribution in [0.25, 0.3) is 0 Å². The van der Waals surface area contributed by atoms with Gasteiger partial charge < -0.3 is 9.47 Å². The van der Waals surface area contributed by atoms with Crippen LogP contribution < -0.4 is 0 Å². The van der Waals surface area contributed by atoms with Crippen LogP contribution in [0, 0.1) is 5.92 Å². The van der Waals surface area contributed by atoms with Crippen molar-refractivity contribution in [2.24, 2.45) is 5.92 Å². The first-order valence-corrected chi connectivity index (χ1v) is 7.97. The summed E-state index contributed by atoms with van der Waals surface area (Å²) in [6.45, 7) is 9.09. The van der Waals surface area contributed by atoms with Gasteiger partial charge in [0, 0.05) is 43.9 Å². The summed E-state index contributed by atoms with van der Waals surface area (Å²) < 4.78 is 2.22. The maximum Gasteiger partial charge on any atom is 0.225 e. The minimum Gasteiger partial charge on any atom is -0.342 e. The van der Waals surface area contributed by atoms with Crippen molar-refractivity contribution in [1.29, 1.82) is 0 Å². The second-order valence-electron chi connectivity index (χ2n) is 5.86. The summed E-state index contributed by atoms with van der Waals surface area (Å²) >= 11 is 0. The first-order valence-electron chi connectivity index (χ1n) is 7.97. The van der Waals surface area contributed by atoms with Crippen LogP contribution in [0.5, 0.6) is 0 Å². The summed E-state index contributed by atoms with van der Waals surface area (Å²) in [6.07, 6.45) is 8.11. The highest BCUT2D eigenvalue weighted by molar-refractivity contribution is 5.78. The molecule has 1 amide bonds. The SMILES string of the molecule is CCCC(C)C(=O)N1CCC(c2nccn2CC)CC1. The zero-order valence-electron chi connectivity index (χ0n) is 13.0. The minimum atomic E-state index is 0.175. The molecule has 0 bridgehead atoms. The first kappa shape index (κ1) is 15.1. The van der Waals surface area contributed by atoms with Crippen molar-refractivity contribution < 1.29 is 4.79 Å². The average Bonchev–Trinajstić information content (AvgIpc) is 2.95. The summed E-state index contributed by atoms with van der Waals surface area (Å²) in [5, 5.41) is 0. The Morgan fingerprint density at radius 1 is 1.40 bits per heavy atom. The molecule has 1 saturated heterocycles. The molecule has 112 valence electrons. The van der Waals surface area contributed by atoms with Gasteiger partial charge in [0.15, 0.2) is 0 Å². The Kier molecular flexibility index (Phi) is 5.21. The molecule has 1 aromatic rings. The molecule has 0 aliphatic carbocycles. The van der Waals surface area contributed by atoms with Crippen LogP contribution in [-0.2, 0) is 11.3 Å². The van der Waals surface area contributed by atoms with Crippen molar-refractivity contribution in [3.05, 3.63) is 18.2 Å². The third kappa shape index (κ3) is 3.22. The molecule has 1 unspecified atom stereocenters. The molecular formula is C16H27N3O. The van der Waals surface area contributed by atoms with Gasteiger partial charge in [0.05, 0.1) is 0 Å². The molecule has 1 aliphatic heterocycles. The van der Waals surface area contributed by atoms with E-state index in [4.69, 9.17) is 0 Å². The van der Waals surface area contributed by atoms with E-state index in [9.17, 15) is 4.79 Å². The lowest BCUT2D eigenvalue weighted by molar-refractivity contribution is -0.136. The van der Waals surface area contributed by atoms with E-state index in [-0.39, 0.29) is 5.92 Å². The Bertz CT molecular complexity index is 433. The van der Waals surface area contributed by atoms with Gasteiger partial charge in [0.25, 0.3) is 0 Å². The van der Waals surface area contributed by atoms with Gasteiger partial charge in [-0.25, -0.2) is 4.98 Å². The maximum atomic E-state index is 12.3. The average molecular weight is 277 g/mol. The highest BCUT2D eigenvalue weighted by Gasteiger charge is 2.27. The molecule has 2 heterocycles. The molecule has 0 N–H and O–H groups in total. The van der Waals surface area contributed by atoms with E-state index in [0.717, 1.165) is 45.3 Å². The molecule has 0 radical (unpaired) electrons. The van der Waals surface area contributed by atoms with Crippen LogP contribution >= 0.6 is 0 Å². The lowest BCUT2D eigenvalue weighted by Crippen LogP contribution is -2.41. The largest absolute Gasteiger partial charge is 0.342 e. The third-order valence-corrected chi connectivity index (χ3v) is 4.40. The van der Waals surface area contributed by atoms with Gasteiger partial charge >= 0.3 is 0 Å². The Balaban J connectivity index is 1.91. The molecule has 4 nitrogen and oxygen atoms in total. The standard InChI is InChI=1S/C16H27N3O/c1-4-6-13(3)16(20)19-10-7-14(8-11-19)15-17-9-12-18(15)5-2/h9,12-14H,4-8,10-11H2,1-3H3. The number of hydrogen-bond donors (Lipinski definition) is 0. The van der Waals surface area contributed by atoms with Crippen LogP contribution in [0.1, 0.15) is 58.2 Å². The Morgan fingerprint density at radius 2 is 2.10 bits per heavy atom. The topological polar surface area (TPSA) is 38.1 Å². The predicted molar refractivity (Wildman–Crippen MR) is 80.5 cm³/mol. The zero-order chi connectivity index (χ0) is 14.5. The molecular weight excluding hydrogens is 250 g/mol. The quantitative estimate of drug-likeness (QED) is 0.829. The summed E-state index contributed by atoms with van der Waals surface area (Å²) in [6, 6.07) is 0. The van der Waals surface area contributed by atoms with Gasteiger partial charge in [-0.2, -0.15) is 0 Å². The Morgan fingerprint density at radius 3 is 2.70 bits per heavy atom. The molecule has 4 heteroatoms. The molecule has 2 rings (SSSR count). The minimum absolute atomic E-state index is 0.175. The second-order valence-corrected chi connectivity index (χ2v) is 5.86. The number of hydrogen-bond acceptors (Lipinski definition) is 2. The highest BCUT2D eigenvalue weighted by atomic mass is 16.2. The maximum absolute atomic E-state index is 12.3. The van der Waals surface area contributed by atoms with Crippen LogP contribution in [0.2, 0.25) is 0 Å². The first-order chi connectivity index (χ1) is 9.67. The van der Waals surface area contributed by atoms with Crippen LogP contribution in [0.4, 0.5) is 0 Å². The number of amides is 1. The molecule has 1 atom stereocenters. The van der Waals surface area contributed by atoms with E-state index in [1.807, 2.05) is 6.20 Å². The van der Waals surface area contributed by atoms with Gasteiger partial charge in [-0.05, 0) is 26.2 Å². The third-order valence-electron chi connectivity index (χ3n) is 4.40. The number of carbonyl (C=O) groups is 1. The van der Waals surface area contributed by atoms with Gasteiger partial charge in [0.2, 0.25) is 5.91 Å². The fourth-order valence-corrected chi connectivity index (χ4v) is 3.17. The summed E-state index contributed by atoms with van der Waals surface area (Å²) in [4.78, 5) is 18.9. The Labute approximate surface area is 122 Å². The number of piperidine rings is 1. The van der Waals surface area contributed by atoms with Crippen molar-refractivity contribution in [1.82, 2.24) is 14.5 Å². The van der Waals surface area contributed by atoms with Crippen LogP contribution in [0.3, 0.4) is 0 Å². The monoisotopic (exact) mass is 277 g/mol. The van der Waals surface area contributed by atoms with Crippen molar-refractivity contribution in [2.45, 2.75) is 58.9 Å². The second kappa shape index (κ2) is 6.91. The molecule has 0 spiro atoms. The van der Waals surface area contributed by atoms with Crippen LogP contribution in [0.15, 0.2) is 12.4 Å². The van der Waals surface area contributed by atoms with Gasteiger partial charge in [0.1, 0.15) is 5.82 Å². The fraction of sp³-hybridized carbons (Fsp3) is 0.750. The summed E-state index contributed by atoms with van der Waals surface area (Å²) in [7, 11) is 0. The number of carbonyl (C=O) groups excluding carboxylic acids is 1. The van der Waals surface area contributed by atoms with E-state index < -0.39 is 0 Å². The molecule has 1 fully saturated rings.